The van der Waals surface area contributed by atoms with Crippen molar-refractivity contribution in [2.45, 2.75) is 19.5 Å². The van der Waals surface area contributed by atoms with E-state index < -0.39 is 0 Å². The Kier molecular flexibility index (Phi) is 5.10. The van der Waals surface area contributed by atoms with E-state index in [0.717, 1.165) is 30.2 Å². The van der Waals surface area contributed by atoms with Gasteiger partial charge in [0.2, 0.25) is 0 Å². The van der Waals surface area contributed by atoms with Crippen LogP contribution >= 0.6 is 23.7 Å². The lowest BCUT2D eigenvalue weighted by atomic mass is 10.1. The normalized spacial score (nSPS) is 22.7. The summed E-state index contributed by atoms with van der Waals surface area (Å²) in [5, 5.41) is 1.06. The van der Waals surface area contributed by atoms with Gasteiger partial charge in [-0.3, -0.25) is 9.88 Å². The van der Waals surface area contributed by atoms with Crippen LogP contribution in [0, 0.1) is 5.92 Å². The van der Waals surface area contributed by atoms with E-state index in [2.05, 4.69) is 21.8 Å². The lowest BCUT2D eigenvalue weighted by molar-refractivity contribution is 0.321. The molecule has 1 aliphatic rings. The first-order valence-electron chi connectivity index (χ1n) is 6.55. The molecule has 20 heavy (non-hydrogen) atoms. The molecule has 4 nitrogen and oxygen atoms in total. The average molecular weight is 311 g/mol. The molecular formula is C14H19ClN4S. The summed E-state index contributed by atoms with van der Waals surface area (Å²) >= 11 is 1.75. The lowest BCUT2D eigenvalue weighted by Gasteiger charge is -2.12. The van der Waals surface area contributed by atoms with Gasteiger partial charge in [0.1, 0.15) is 5.01 Å². The molecule has 3 rings (SSSR count). The molecule has 3 heterocycles. The Hall–Kier alpha value is -1.01. The van der Waals surface area contributed by atoms with Gasteiger partial charge in [0.15, 0.2) is 0 Å². The van der Waals surface area contributed by atoms with Crippen LogP contribution in [0.2, 0.25) is 0 Å². The molecule has 1 fully saturated rings. The summed E-state index contributed by atoms with van der Waals surface area (Å²) in [6.45, 7) is 5.26. The second-order valence-electron chi connectivity index (χ2n) is 5.20. The summed E-state index contributed by atoms with van der Waals surface area (Å²) in [5.41, 5.74) is 7.19. The van der Waals surface area contributed by atoms with Crippen molar-refractivity contribution < 1.29 is 0 Å². The molecule has 0 spiro atoms. The monoisotopic (exact) mass is 310 g/mol. The second-order valence-corrected chi connectivity index (χ2v) is 6.32. The van der Waals surface area contributed by atoms with Crippen LogP contribution in [0.15, 0.2) is 30.7 Å². The fourth-order valence-corrected chi connectivity index (χ4v) is 3.41. The van der Waals surface area contributed by atoms with E-state index in [1.807, 2.05) is 18.3 Å². The van der Waals surface area contributed by atoms with Crippen molar-refractivity contribution in [2.24, 2.45) is 11.7 Å². The van der Waals surface area contributed by atoms with Crippen molar-refractivity contribution >= 4 is 23.7 Å². The molecule has 0 amide bonds. The van der Waals surface area contributed by atoms with E-state index in [-0.39, 0.29) is 12.4 Å². The van der Waals surface area contributed by atoms with Gasteiger partial charge in [-0.1, -0.05) is 6.92 Å². The zero-order chi connectivity index (χ0) is 13.2. The number of hydrogen-bond acceptors (Lipinski definition) is 5. The summed E-state index contributed by atoms with van der Waals surface area (Å²) in [4.78, 5) is 12.2. The fraction of sp³-hybridized carbons (Fsp3) is 0.429. The van der Waals surface area contributed by atoms with Crippen LogP contribution in [0.1, 0.15) is 11.8 Å². The largest absolute Gasteiger partial charge is 0.326 e. The first-order valence-corrected chi connectivity index (χ1v) is 7.37. The van der Waals surface area contributed by atoms with Crippen LogP contribution in [0.4, 0.5) is 0 Å². The van der Waals surface area contributed by atoms with Crippen molar-refractivity contribution in [3.8, 4) is 10.6 Å². The quantitative estimate of drug-likeness (QED) is 0.946. The first kappa shape index (κ1) is 15.4. The molecule has 0 radical (unpaired) electrons. The van der Waals surface area contributed by atoms with Crippen LogP contribution in [0.5, 0.6) is 0 Å². The molecule has 0 aliphatic carbocycles. The predicted octanol–water partition coefficient (Wildman–Crippen LogP) is 2.41. The number of hydrogen-bond donors (Lipinski definition) is 1. The molecule has 0 aromatic carbocycles. The summed E-state index contributed by atoms with van der Waals surface area (Å²) in [6.07, 6.45) is 5.59. The summed E-state index contributed by atoms with van der Waals surface area (Å²) < 4.78 is 0. The van der Waals surface area contributed by atoms with Gasteiger partial charge in [0.25, 0.3) is 0 Å². The Morgan fingerprint density at radius 2 is 2.10 bits per heavy atom. The standard InChI is InChI=1S/C14H18N4S.ClH/c1-10-7-18(9-13(10)15)8-12-6-17-14(19-12)11-2-4-16-5-3-11;/h2-6,10,13H,7-9,15H2,1H3;1H. The van der Waals surface area contributed by atoms with Gasteiger partial charge < -0.3 is 5.73 Å². The number of nitrogens with two attached hydrogens (primary N) is 1. The van der Waals surface area contributed by atoms with Gasteiger partial charge >= 0.3 is 0 Å². The maximum Gasteiger partial charge on any atom is 0.123 e. The van der Waals surface area contributed by atoms with Crippen molar-refractivity contribution in [3.63, 3.8) is 0 Å². The molecule has 2 N–H and O–H groups in total. The second kappa shape index (κ2) is 6.63. The van der Waals surface area contributed by atoms with Crippen LogP contribution in [-0.4, -0.2) is 34.0 Å². The molecule has 2 unspecified atom stereocenters. The Bertz CT molecular complexity index is 535. The third-order valence-electron chi connectivity index (χ3n) is 3.61. The third-order valence-corrected chi connectivity index (χ3v) is 4.64. The third kappa shape index (κ3) is 3.35. The Morgan fingerprint density at radius 1 is 1.35 bits per heavy atom. The maximum atomic E-state index is 6.06. The average Bonchev–Trinajstić information content (AvgIpc) is 2.99. The molecule has 2 atom stereocenters. The molecular weight excluding hydrogens is 292 g/mol. The van der Waals surface area contributed by atoms with Gasteiger partial charge in [-0.25, -0.2) is 4.98 Å². The van der Waals surface area contributed by atoms with Gasteiger partial charge in [0, 0.05) is 54.7 Å². The molecule has 2 aromatic heterocycles. The highest BCUT2D eigenvalue weighted by Crippen LogP contribution is 2.26. The molecule has 0 bridgehead atoms. The maximum absolute atomic E-state index is 6.06. The van der Waals surface area contributed by atoms with Crippen molar-refractivity contribution in [1.29, 1.82) is 0 Å². The zero-order valence-corrected chi connectivity index (χ0v) is 13.0. The topological polar surface area (TPSA) is 55.0 Å². The highest BCUT2D eigenvalue weighted by molar-refractivity contribution is 7.15. The van der Waals surface area contributed by atoms with Crippen molar-refractivity contribution in [3.05, 3.63) is 35.6 Å². The summed E-state index contributed by atoms with van der Waals surface area (Å²) in [7, 11) is 0. The Morgan fingerprint density at radius 3 is 2.75 bits per heavy atom. The number of nitrogens with zero attached hydrogens (tertiary/aromatic N) is 3. The van der Waals surface area contributed by atoms with E-state index in [9.17, 15) is 0 Å². The van der Waals surface area contributed by atoms with Crippen molar-refractivity contribution in [2.75, 3.05) is 13.1 Å². The molecule has 2 aromatic rings. The Labute approximate surface area is 129 Å². The first-order chi connectivity index (χ1) is 9.22. The van der Waals surface area contributed by atoms with E-state index in [1.165, 1.54) is 4.88 Å². The molecule has 1 saturated heterocycles. The van der Waals surface area contributed by atoms with Crippen LogP contribution in [0.3, 0.4) is 0 Å². The highest BCUT2D eigenvalue weighted by Gasteiger charge is 2.26. The van der Waals surface area contributed by atoms with Crippen LogP contribution in [-0.2, 0) is 6.54 Å². The summed E-state index contributed by atoms with van der Waals surface area (Å²) in [6, 6.07) is 4.31. The van der Waals surface area contributed by atoms with E-state index in [4.69, 9.17) is 5.73 Å². The molecule has 108 valence electrons. The minimum absolute atomic E-state index is 0. The van der Waals surface area contributed by atoms with Crippen LogP contribution < -0.4 is 5.73 Å². The van der Waals surface area contributed by atoms with Gasteiger partial charge in [-0.15, -0.1) is 23.7 Å². The van der Waals surface area contributed by atoms with Gasteiger partial charge in [-0.05, 0) is 18.1 Å². The number of rotatable bonds is 3. The number of halogens is 1. The fourth-order valence-electron chi connectivity index (χ4n) is 2.45. The van der Waals surface area contributed by atoms with Crippen molar-refractivity contribution in [1.82, 2.24) is 14.9 Å². The smallest absolute Gasteiger partial charge is 0.123 e. The number of pyridine rings is 1. The predicted molar refractivity (Wildman–Crippen MR) is 85.0 cm³/mol. The minimum Gasteiger partial charge on any atom is -0.326 e. The van der Waals surface area contributed by atoms with E-state index in [1.54, 1.807) is 23.7 Å². The van der Waals surface area contributed by atoms with Gasteiger partial charge in [-0.2, -0.15) is 0 Å². The van der Waals surface area contributed by atoms with Crippen LogP contribution in [0.25, 0.3) is 10.6 Å². The van der Waals surface area contributed by atoms with E-state index >= 15 is 0 Å². The number of aromatic nitrogens is 2. The number of thiazole rings is 1. The summed E-state index contributed by atoms with van der Waals surface area (Å²) in [5.74, 6) is 0.590. The SMILES string of the molecule is CC1CN(Cc2cnc(-c3ccncc3)s2)CC1N.Cl. The number of likely N-dealkylation sites (tertiary alicyclic amines) is 1. The lowest BCUT2D eigenvalue weighted by Crippen LogP contribution is -2.28. The zero-order valence-electron chi connectivity index (χ0n) is 11.4. The molecule has 1 aliphatic heterocycles. The highest BCUT2D eigenvalue weighted by atomic mass is 35.5. The van der Waals surface area contributed by atoms with E-state index in [0.29, 0.717) is 12.0 Å². The minimum atomic E-state index is 0. The molecule has 0 saturated carbocycles. The Balaban J connectivity index is 0.00000147. The molecule has 6 heteroatoms. The van der Waals surface area contributed by atoms with Gasteiger partial charge in [0.05, 0.1) is 0 Å².